The number of nitro groups is 1. The number of hydrogen-bond donors (Lipinski definition) is 2. The van der Waals surface area contributed by atoms with Gasteiger partial charge in [0.1, 0.15) is 0 Å². The number of para-hydroxylation sites is 1. The van der Waals surface area contributed by atoms with Crippen molar-refractivity contribution in [3.63, 3.8) is 0 Å². The number of aromatic nitrogens is 2. The Hall–Kier alpha value is -2.26. The predicted molar refractivity (Wildman–Crippen MR) is 75.9 cm³/mol. The first-order valence-electron chi connectivity index (χ1n) is 6.10. The van der Waals surface area contributed by atoms with Crippen molar-refractivity contribution >= 4 is 15.7 Å². The standard InChI is InChI=1S/C12H14N4O4S/c1-9(11-6-13-14-7-11)15-21(19,20)8-10-4-2-3-5-12(10)16(17)18/h2-7,9,15H,8H2,1H3,(H,13,14). The molecule has 1 heterocycles. The summed E-state index contributed by atoms with van der Waals surface area (Å²) < 4.78 is 26.7. The smallest absolute Gasteiger partial charge is 0.273 e. The highest BCUT2D eigenvalue weighted by Gasteiger charge is 2.22. The zero-order chi connectivity index (χ0) is 15.5. The fourth-order valence-electron chi connectivity index (χ4n) is 1.89. The van der Waals surface area contributed by atoms with E-state index < -0.39 is 26.7 Å². The van der Waals surface area contributed by atoms with E-state index in [1.807, 2.05) is 0 Å². The van der Waals surface area contributed by atoms with Crippen LogP contribution in [-0.4, -0.2) is 23.5 Å². The van der Waals surface area contributed by atoms with E-state index in [1.165, 1.54) is 24.4 Å². The molecular formula is C12H14N4O4S. The summed E-state index contributed by atoms with van der Waals surface area (Å²) in [6, 6.07) is 5.30. The zero-order valence-electron chi connectivity index (χ0n) is 11.2. The van der Waals surface area contributed by atoms with Crippen LogP contribution in [0.15, 0.2) is 36.7 Å². The number of H-pyrrole nitrogens is 1. The number of nitrogens with one attached hydrogen (secondary N) is 2. The number of rotatable bonds is 6. The van der Waals surface area contributed by atoms with Crippen LogP contribution < -0.4 is 4.72 Å². The second-order valence-corrected chi connectivity index (χ2v) is 6.27. The highest BCUT2D eigenvalue weighted by atomic mass is 32.2. The van der Waals surface area contributed by atoms with Crippen molar-refractivity contribution in [3.05, 3.63) is 57.9 Å². The molecule has 0 amide bonds. The molecule has 0 saturated heterocycles. The molecule has 0 radical (unpaired) electrons. The minimum Gasteiger partial charge on any atom is -0.285 e. The number of nitro benzene ring substituents is 1. The highest BCUT2D eigenvalue weighted by molar-refractivity contribution is 7.88. The summed E-state index contributed by atoms with van der Waals surface area (Å²) in [5.74, 6) is -0.452. The van der Waals surface area contributed by atoms with Gasteiger partial charge in [-0.15, -0.1) is 0 Å². The van der Waals surface area contributed by atoms with Gasteiger partial charge in [0.15, 0.2) is 0 Å². The minimum atomic E-state index is -3.71. The third-order valence-electron chi connectivity index (χ3n) is 2.91. The molecule has 2 aromatic rings. The zero-order valence-corrected chi connectivity index (χ0v) is 12.0. The van der Waals surface area contributed by atoms with Gasteiger partial charge in [0, 0.05) is 29.4 Å². The lowest BCUT2D eigenvalue weighted by atomic mass is 10.2. The van der Waals surface area contributed by atoms with Crippen molar-refractivity contribution in [2.75, 3.05) is 0 Å². The Balaban J connectivity index is 2.17. The summed E-state index contributed by atoms with van der Waals surface area (Å²) in [6.45, 7) is 1.67. The van der Waals surface area contributed by atoms with Crippen LogP contribution in [0.25, 0.3) is 0 Å². The normalized spacial score (nSPS) is 13.0. The predicted octanol–water partition coefficient (Wildman–Crippen LogP) is 1.50. The van der Waals surface area contributed by atoms with Crippen LogP contribution in [0, 0.1) is 10.1 Å². The molecule has 0 aliphatic heterocycles. The van der Waals surface area contributed by atoms with Gasteiger partial charge in [0.05, 0.1) is 16.9 Å². The van der Waals surface area contributed by atoms with Gasteiger partial charge in [-0.25, -0.2) is 13.1 Å². The average Bonchev–Trinajstić information content (AvgIpc) is 2.91. The maximum absolute atomic E-state index is 12.1. The maximum atomic E-state index is 12.1. The van der Waals surface area contributed by atoms with Gasteiger partial charge in [-0.2, -0.15) is 5.10 Å². The van der Waals surface area contributed by atoms with Gasteiger partial charge in [-0.05, 0) is 6.92 Å². The van der Waals surface area contributed by atoms with Gasteiger partial charge in [0.25, 0.3) is 5.69 Å². The fourth-order valence-corrected chi connectivity index (χ4v) is 3.30. The monoisotopic (exact) mass is 310 g/mol. The van der Waals surface area contributed by atoms with Crippen molar-refractivity contribution in [2.24, 2.45) is 0 Å². The lowest BCUT2D eigenvalue weighted by Gasteiger charge is -2.12. The van der Waals surface area contributed by atoms with Crippen molar-refractivity contribution in [2.45, 2.75) is 18.7 Å². The maximum Gasteiger partial charge on any atom is 0.273 e. The van der Waals surface area contributed by atoms with Crippen LogP contribution in [0.2, 0.25) is 0 Å². The number of aromatic amines is 1. The van der Waals surface area contributed by atoms with Crippen LogP contribution in [0.1, 0.15) is 24.1 Å². The molecule has 0 saturated carbocycles. The topological polar surface area (TPSA) is 118 Å². The van der Waals surface area contributed by atoms with Crippen LogP contribution in [0.5, 0.6) is 0 Å². The molecule has 21 heavy (non-hydrogen) atoms. The Morgan fingerprint density at radius 1 is 1.43 bits per heavy atom. The molecule has 9 heteroatoms. The molecule has 2 rings (SSSR count). The van der Waals surface area contributed by atoms with Crippen molar-refractivity contribution in [3.8, 4) is 0 Å². The quantitative estimate of drug-likeness (QED) is 0.619. The van der Waals surface area contributed by atoms with E-state index >= 15 is 0 Å². The van der Waals surface area contributed by atoms with E-state index in [0.29, 0.717) is 5.56 Å². The Morgan fingerprint density at radius 2 is 2.14 bits per heavy atom. The molecule has 8 nitrogen and oxygen atoms in total. The van der Waals surface area contributed by atoms with E-state index in [9.17, 15) is 18.5 Å². The van der Waals surface area contributed by atoms with E-state index in [0.717, 1.165) is 0 Å². The molecule has 1 aromatic heterocycles. The molecule has 0 aliphatic rings. The summed E-state index contributed by atoms with van der Waals surface area (Å²) >= 11 is 0. The molecule has 0 bridgehead atoms. The lowest BCUT2D eigenvalue weighted by Crippen LogP contribution is -2.28. The average molecular weight is 310 g/mol. The molecule has 1 unspecified atom stereocenters. The largest absolute Gasteiger partial charge is 0.285 e. The van der Waals surface area contributed by atoms with Crippen LogP contribution in [0.3, 0.4) is 0 Å². The van der Waals surface area contributed by atoms with Gasteiger partial charge in [-0.1, -0.05) is 18.2 Å². The summed E-state index contributed by atoms with van der Waals surface area (Å²) in [5, 5.41) is 17.2. The van der Waals surface area contributed by atoms with Crippen LogP contribution in [0.4, 0.5) is 5.69 Å². The van der Waals surface area contributed by atoms with Crippen LogP contribution in [-0.2, 0) is 15.8 Å². The number of benzene rings is 1. The first-order chi connectivity index (χ1) is 9.89. The van der Waals surface area contributed by atoms with E-state index in [4.69, 9.17) is 0 Å². The Kier molecular flexibility index (Phi) is 4.34. The molecule has 0 aliphatic carbocycles. The second kappa shape index (κ2) is 6.02. The van der Waals surface area contributed by atoms with E-state index in [-0.39, 0.29) is 11.3 Å². The molecular weight excluding hydrogens is 296 g/mol. The van der Waals surface area contributed by atoms with Gasteiger partial charge < -0.3 is 0 Å². The van der Waals surface area contributed by atoms with E-state index in [1.54, 1.807) is 19.2 Å². The highest BCUT2D eigenvalue weighted by Crippen LogP contribution is 2.21. The van der Waals surface area contributed by atoms with E-state index in [2.05, 4.69) is 14.9 Å². The van der Waals surface area contributed by atoms with Crippen molar-refractivity contribution in [1.29, 1.82) is 0 Å². The van der Waals surface area contributed by atoms with Gasteiger partial charge in [-0.3, -0.25) is 15.2 Å². The van der Waals surface area contributed by atoms with Gasteiger partial charge >= 0.3 is 0 Å². The summed E-state index contributed by atoms with van der Waals surface area (Å²) in [6.07, 6.45) is 3.09. The Morgan fingerprint density at radius 3 is 2.76 bits per heavy atom. The van der Waals surface area contributed by atoms with Crippen LogP contribution >= 0.6 is 0 Å². The molecule has 0 spiro atoms. The fraction of sp³-hybridized carbons (Fsp3) is 0.250. The SMILES string of the molecule is CC(NS(=O)(=O)Cc1ccccc1[N+](=O)[O-])c1cn[nH]c1. The minimum absolute atomic E-state index is 0.148. The first kappa shape index (κ1) is 15.1. The first-order valence-corrected chi connectivity index (χ1v) is 7.75. The summed E-state index contributed by atoms with van der Waals surface area (Å²) in [4.78, 5) is 10.3. The van der Waals surface area contributed by atoms with Crippen molar-refractivity contribution in [1.82, 2.24) is 14.9 Å². The molecule has 0 fully saturated rings. The Labute approximate surface area is 121 Å². The summed E-state index contributed by atoms with van der Waals surface area (Å²) in [5.41, 5.74) is 0.620. The number of nitrogens with zero attached hydrogens (tertiary/aromatic N) is 2. The van der Waals surface area contributed by atoms with Crippen molar-refractivity contribution < 1.29 is 13.3 Å². The Bertz CT molecular complexity index is 727. The second-order valence-electron chi connectivity index (χ2n) is 4.52. The third-order valence-corrected chi connectivity index (χ3v) is 4.31. The third kappa shape index (κ3) is 3.86. The molecule has 1 aromatic carbocycles. The molecule has 1 atom stereocenters. The number of sulfonamides is 1. The lowest BCUT2D eigenvalue weighted by molar-refractivity contribution is -0.385. The molecule has 2 N–H and O–H groups in total. The number of hydrogen-bond acceptors (Lipinski definition) is 5. The van der Waals surface area contributed by atoms with Gasteiger partial charge in [0.2, 0.25) is 10.0 Å². The summed E-state index contributed by atoms with van der Waals surface area (Å²) in [7, 11) is -3.71. The molecule has 112 valence electrons.